The van der Waals surface area contributed by atoms with E-state index in [4.69, 9.17) is 4.74 Å². The van der Waals surface area contributed by atoms with Gasteiger partial charge in [0.25, 0.3) is 0 Å². The van der Waals surface area contributed by atoms with E-state index in [1.807, 2.05) is 17.2 Å². The van der Waals surface area contributed by atoms with Crippen LogP contribution in [0.2, 0.25) is 0 Å². The first-order valence-electron chi connectivity index (χ1n) is 9.18. The van der Waals surface area contributed by atoms with Gasteiger partial charge in [-0.3, -0.25) is 9.48 Å². The number of hydrogen-bond acceptors (Lipinski definition) is 3. The minimum absolute atomic E-state index is 0.0936. The summed E-state index contributed by atoms with van der Waals surface area (Å²) in [5, 5.41) is 4.42. The SMILES string of the molecule is Cc1cnn(C2CCN(C(=O)CC3OCCc4ccccc43)CC2)c1. The van der Waals surface area contributed by atoms with E-state index in [0.717, 1.165) is 32.4 Å². The largest absolute Gasteiger partial charge is 0.373 e. The molecular formula is C20H25N3O2. The Labute approximate surface area is 148 Å². The highest BCUT2D eigenvalue weighted by molar-refractivity contribution is 5.77. The average molecular weight is 339 g/mol. The molecule has 5 nitrogen and oxygen atoms in total. The number of benzene rings is 1. The number of aryl methyl sites for hydroxylation is 1. The summed E-state index contributed by atoms with van der Waals surface area (Å²) in [4.78, 5) is 14.7. The van der Waals surface area contributed by atoms with Gasteiger partial charge in [0, 0.05) is 19.3 Å². The first kappa shape index (κ1) is 16.3. The van der Waals surface area contributed by atoms with Gasteiger partial charge in [-0.05, 0) is 42.9 Å². The molecule has 5 heteroatoms. The van der Waals surface area contributed by atoms with Gasteiger partial charge in [-0.25, -0.2) is 0 Å². The maximum atomic E-state index is 12.7. The molecule has 0 bridgehead atoms. The maximum absolute atomic E-state index is 12.7. The molecule has 0 radical (unpaired) electrons. The quantitative estimate of drug-likeness (QED) is 0.863. The van der Waals surface area contributed by atoms with Crippen LogP contribution < -0.4 is 0 Å². The lowest BCUT2D eigenvalue weighted by molar-refractivity contribution is -0.136. The lowest BCUT2D eigenvalue weighted by Gasteiger charge is -2.34. The number of carbonyl (C=O) groups excluding carboxylic acids is 1. The second kappa shape index (κ2) is 7.00. The number of amides is 1. The summed E-state index contributed by atoms with van der Waals surface area (Å²) in [7, 11) is 0. The standard InChI is InChI=1S/C20H25N3O2/c1-15-13-21-23(14-15)17-6-9-22(10-7-17)20(24)12-19-18-5-3-2-4-16(18)8-11-25-19/h2-5,13-14,17,19H,6-12H2,1H3. The van der Waals surface area contributed by atoms with E-state index >= 15 is 0 Å². The van der Waals surface area contributed by atoms with Gasteiger partial charge < -0.3 is 9.64 Å². The fraction of sp³-hybridized carbons (Fsp3) is 0.500. The Balaban J connectivity index is 1.35. The predicted octanol–water partition coefficient (Wildman–Crippen LogP) is 3.06. The second-order valence-electron chi connectivity index (χ2n) is 7.12. The topological polar surface area (TPSA) is 47.4 Å². The van der Waals surface area contributed by atoms with Crippen molar-refractivity contribution in [1.29, 1.82) is 0 Å². The van der Waals surface area contributed by atoms with Gasteiger partial charge in [0.2, 0.25) is 5.91 Å². The van der Waals surface area contributed by atoms with Crippen LogP contribution in [0.15, 0.2) is 36.7 Å². The van der Waals surface area contributed by atoms with E-state index in [1.54, 1.807) is 0 Å². The minimum atomic E-state index is -0.0936. The molecule has 1 atom stereocenters. The van der Waals surface area contributed by atoms with Crippen molar-refractivity contribution in [2.45, 2.75) is 44.8 Å². The zero-order valence-electron chi connectivity index (χ0n) is 14.7. The molecule has 1 amide bonds. The third-order valence-corrected chi connectivity index (χ3v) is 5.37. The maximum Gasteiger partial charge on any atom is 0.225 e. The van der Waals surface area contributed by atoms with Crippen molar-refractivity contribution >= 4 is 5.91 Å². The summed E-state index contributed by atoms with van der Waals surface area (Å²) in [5.74, 6) is 0.205. The Kier molecular flexibility index (Phi) is 4.57. The normalized spacial score (nSPS) is 21.2. The molecule has 1 aromatic heterocycles. The van der Waals surface area contributed by atoms with Crippen molar-refractivity contribution in [3.8, 4) is 0 Å². The molecule has 2 aliphatic heterocycles. The molecule has 0 saturated carbocycles. The van der Waals surface area contributed by atoms with Crippen LogP contribution in [0.4, 0.5) is 0 Å². The molecule has 0 spiro atoms. The number of ether oxygens (including phenoxy) is 1. The Morgan fingerprint density at radius 1 is 1.28 bits per heavy atom. The van der Waals surface area contributed by atoms with Gasteiger partial charge >= 0.3 is 0 Å². The first-order chi connectivity index (χ1) is 12.2. The number of fused-ring (bicyclic) bond motifs is 1. The van der Waals surface area contributed by atoms with Gasteiger partial charge in [0.15, 0.2) is 0 Å². The number of rotatable bonds is 3. The van der Waals surface area contributed by atoms with Gasteiger partial charge in [-0.15, -0.1) is 0 Å². The zero-order valence-corrected chi connectivity index (χ0v) is 14.7. The summed E-state index contributed by atoms with van der Waals surface area (Å²) >= 11 is 0. The van der Waals surface area contributed by atoms with Crippen LogP contribution in [0, 0.1) is 6.92 Å². The van der Waals surface area contributed by atoms with Crippen molar-refractivity contribution in [3.63, 3.8) is 0 Å². The summed E-state index contributed by atoms with van der Waals surface area (Å²) in [6.45, 7) is 4.37. The third kappa shape index (κ3) is 3.47. The van der Waals surface area contributed by atoms with Crippen molar-refractivity contribution in [3.05, 3.63) is 53.3 Å². The van der Waals surface area contributed by atoms with Crippen molar-refractivity contribution in [2.75, 3.05) is 19.7 Å². The third-order valence-electron chi connectivity index (χ3n) is 5.37. The number of nitrogens with zero attached hydrogens (tertiary/aromatic N) is 3. The van der Waals surface area contributed by atoms with Crippen molar-refractivity contribution < 1.29 is 9.53 Å². The highest BCUT2D eigenvalue weighted by atomic mass is 16.5. The van der Waals surface area contributed by atoms with E-state index in [9.17, 15) is 4.79 Å². The van der Waals surface area contributed by atoms with Crippen LogP contribution in [0.25, 0.3) is 0 Å². The number of piperidine rings is 1. The van der Waals surface area contributed by atoms with Crippen molar-refractivity contribution in [1.82, 2.24) is 14.7 Å². The van der Waals surface area contributed by atoms with Gasteiger partial charge in [-0.2, -0.15) is 5.10 Å². The lowest BCUT2D eigenvalue weighted by Crippen LogP contribution is -2.40. The van der Waals surface area contributed by atoms with Crippen molar-refractivity contribution in [2.24, 2.45) is 0 Å². The fourth-order valence-electron chi connectivity index (χ4n) is 3.95. The van der Waals surface area contributed by atoms with Crippen LogP contribution in [-0.4, -0.2) is 40.3 Å². The van der Waals surface area contributed by atoms with E-state index < -0.39 is 0 Å². The smallest absolute Gasteiger partial charge is 0.225 e. The second-order valence-corrected chi connectivity index (χ2v) is 7.12. The number of likely N-dealkylation sites (tertiary alicyclic amines) is 1. The van der Waals surface area contributed by atoms with E-state index in [0.29, 0.717) is 19.1 Å². The zero-order chi connectivity index (χ0) is 17.2. The highest BCUT2D eigenvalue weighted by Gasteiger charge is 2.28. The van der Waals surface area contributed by atoms with Crippen LogP contribution in [0.5, 0.6) is 0 Å². The molecule has 2 aliphatic rings. The monoisotopic (exact) mass is 339 g/mol. The Bertz CT molecular complexity index is 747. The average Bonchev–Trinajstić information content (AvgIpc) is 3.08. The Morgan fingerprint density at radius 2 is 2.08 bits per heavy atom. The van der Waals surface area contributed by atoms with Gasteiger partial charge in [0.1, 0.15) is 0 Å². The molecule has 132 valence electrons. The van der Waals surface area contributed by atoms with Crippen LogP contribution in [0.3, 0.4) is 0 Å². The highest BCUT2D eigenvalue weighted by Crippen LogP contribution is 2.31. The number of hydrogen-bond donors (Lipinski definition) is 0. The summed E-state index contributed by atoms with van der Waals surface area (Å²) < 4.78 is 7.95. The first-order valence-corrected chi connectivity index (χ1v) is 9.18. The summed E-state index contributed by atoms with van der Waals surface area (Å²) in [6.07, 6.45) is 7.22. The molecule has 2 aromatic rings. The Hall–Kier alpha value is -2.14. The molecule has 0 aliphatic carbocycles. The molecule has 4 rings (SSSR count). The molecule has 1 fully saturated rings. The van der Waals surface area contributed by atoms with Crippen LogP contribution in [-0.2, 0) is 16.0 Å². The van der Waals surface area contributed by atoms with E-state index in [1.165, 1.54) is 16.7 Å². The van der Waals surface area contributed by atoms with Gasteiger partial charge in [0.05, 0.1) is 31.4 Å². The van der Waals surface area contributed by atoms with E-state index in [2.05, 4.69) is 41.1 Å². The molecule has 3 heterocycles. The van der Waals surface area contributed by atoms with E-state index in [-0.39, 0.29) is 12.0 Å². The number of carbonyl (C=O) groups is 1. The Morgan fingerprint density at radius 3 is 2.84 bits per heavy atom. The summed E-state index contributed by atoms with van der Waals surface area (Å²) in [6, 6.07) is 8.74. The molecule has 1 unspecified atom stereocenters. The molecular weight excluding hydrogens is 314 g/mol. The van der Waals surface area contributed by atoms with Gasteiger partial charge in [-0.1, -0.05) is 24.3 Å². The molecule has 25 heavy (non-hydrogen) atoms. The summed E-state index contributed by atoms with van der Waals surface area (Å²) in [5.41, 5.74) is 3.69. The molecule has 1 saturated heterocycles. The predicted molar refractivity (Wildman–Crippen MR) is 95.3 cm³/mol. The van der Waals surface area contributed by atoms with Crippen LogP contribution >= 0.6 is 0 Å². The lowest BCUT2D eigenvalue weighted by atomic mass is 9.95. The molecule has 1 aromatic carbocycles. The molecule has 0 N–H and O–H groups in total. The fourth-order valence-corrected chi connectivity index (χ4v) is 3.95. The van der Waals surface area contributed by atoms with Crippen LogP contribution in [0.1, 0.15) is 48.1 Å². The minimum Gasteiger partial charge on any atom is -0.373 e. The number of aromatic nitrogens is 2.